The van der Waals surface area contributed by atoms with Gasteiger partial charge in [-0.3, -0.25) is 9.59 Å². The van der Waals surface area contributed by atoms with Gasteiger partial charge in [0, 0.05) is 37.3 Å². The van der Waals surface area contributed by atoms with Gasteiger partial charge < -0.3 is 19.5 Å². The van der Waals surface area contributed by atoms with E-state index >= 15 is 0 Å². The first-order valence-corrected chi connectivity index (χ1v) is 10.3. The van der Waals surface area contributed by atoms with Crippen LogP contribution in [0.25, 0.3) is 0 Å². The lowest BCUT2D eigenvalue weighted by atomic mass is 10.1. The van der Waals surface area contributed by atoms with Gasteiger partial charge in [-0.05, 0) is 6.42 Å². The van der Waals surface area contributed by atoms with Gasteiger partial charge in [-0.2, -0.15) is 0 Å². The van der Waals surface area contributed by atoms with Gasteiger partial charge in [0.15, 0.2) is 5.82 Å². The van der Waals surface area contributed by atoms with Crippen LogP contribution >= 0.6 is 23.4 Å². The molecular weight excluding hydrogens is 431 g/mol. The Morgan fingerprint density at radius 3 is 2.83 bits per heavy atom. The number of rotatable bonds is 4. The van der Waals surface area contributed by atoms with Crippen LogP contribution in [0, 0.1) is 23.7 Å². The number of hydrogen-bond acceptors (Lipinski definition) is 5. The number of carbonyl (C=O) groups excluding carboxylic acids is 1. The summed E-state index contributed by atoms with van der Waals surface area (Å²) in [6, 6.07) is 3.87. The highest BCUT2D eigenvalue weighted by Gasteiger charge is 2.37. The Bertz CT molecular complexity index is 867. The standard InChI is InChI=1S/C18H19ClF3N3O3S/c19-16-11(1-2-24-3-5-28-6-4-24)7-14(29-16)17(26)23-12-8-13(20)18(27)25(9-12)10-15(21)22/h8-9,11,14-16H,3-7,10H2,(H,23,26). The Hall–Kier alpha value is -1.83. The molecule has 2 fully saturated rings. The third kappa shape index (κ3) is 5.84. The van der Waals surface area contributed by atoms with Crippen molar-refractivity contribution < 1.29 is 22.7 Å². The highest BCUT2D eigenvalue weighted by Crippen LogP contribution is 2.41. The molecule has 0 radical (unpaired) electrons. The van der Waals surface area contributed by atoms with E-state index in [0.29, 0.717) is 37.3 Å². The largest absolute Gasteiger partial charge is 0.378 e. The third-order valence-electron chi connectivity index (χ3n) is 4.43. The van der Waals surface area contributed by atoms with Crippen molar-refractivity contribution in [2.24, 2.45) is 5.92 Å². The summed E-state index contributed by atoms with van der Waals surface area (Å²) in [7, 11) is 0. The maximum absolute atomic E-state index is 13.7. The van der Waals surface area contributed by atoms with Crippen molar-refractivity contribution in [2.45, 2.75) is 29.4 Å². The van der Waals surface area contributed by atoms with Gasteiger partial charge in [0.1, 0.15) is 0 Å². The molecule has 1 amide bonds. The molecule has 1 aromatic rings. The van der Waals surface area contributed by atoms with Gasteiger partial charge >= 0.3 is 0 Å². The van der Waals surface area contributed by atoms with Crippen molar-refractivity contribution in [1.82, 2.24) is 9.47 Å². The van der Waals surface area contributed by atoms with Crippen LogP contribution in [0.3, 0.4) is 0 Å². The van der Waals surface area contributed by atoms with Crippen LogP contribution < -0.4 is 10.9 Å². The number of anilines is 1. The van der Waals surface area contributed by atoms with E-state index in [-0.39, 0.29) is 16.3 Å². The minimum atomic E-state index is -2.83. The number of nitrogens with one attached hydrogen (secondary N) is 1. The smallest absolute Gasteiger partial charge is 0.286 e. The Balaban J connectivity index is 1.63. The van der Waals surface area contributed by atoms with Gasteiger partial charge in [-0.1, -0.05) is 5.92 Å². The van der Waals surface area contributed by atoms with Crippen LogP contribution in [-0.2, 0) is 16.1 Å². The predicted octanol–water partition coefficient (Wildman–Crippen LogP) is 2.17. The summed E-state index contributed by atoms with van der Waals surface area (Å²) >= 11 is 7.55. The minimum absolute atomic E-state index is 0.0673. The second-order valence-electron chi connectivity index (χ2n) is 6.59. The highest BCUT2D eigenvalue weighted by atomic mass is 35.5. The number of thioether (sulfide) groups is 1. The molecule has 1 aromatic heterocycles. The zero-order valence-corrected chi connectivity index (χ0v) is 16.8. The van der Waals surface area contributed by atoms with Crippen molar-refractivity contribution in [3.8, 4) is 12.0 Å². The number of halogens is 4. The van der Waals surface area contributed by atoms with Crippen LogP contribution in [0.2, 0.25) is 0 Å². The number of alkyl halides is 3. The van der Waals surface area contributed by atoms with E-state index in [1.165, 1.54) is 11.8 Å². The highest BCUT2D eigenvalue weighted by molar-refractivity contribution is 8.02. The van der Waals surface area contributed by atoms with Gasteiger partial charge in [-0.15, -0.1) is 23.4 Å². The first-order chi connectivity index (χ1) is 13.8. The lowest BCUT2D eigenvalue weighted by molar-refractivity contribution is -0.115. The molecule has 0 bridgehead atoms. The average Bonchev–Trinajstić information content (AvgIpc) is 3.05. The van der Waals surface area contributed by atoms with Gasteiger partial charge in [0.25, 0.3) is 12.0 Å². The molecule has 0 aromatic carbocycles. The fourth-order valence-electron chi connectivity index (χ4n) is 2.96. The molecule has 29 heavy (non-hydrogen) atoms. The van der Waals surface area contributed by atoms with E-state index in [0.717, 1.165) is 12.3 Å². The van der Waals surface area contributed by atoms with Gasteiger partial charge in [0.2, 0.25) is 5.91 Å². The Labute approximate surface area is 174 Å². The molecule has 11 heteroatoms. The fourth-order valence-corrected chi connectivity index (χ4v) is 4.68. The number of carbonyl (C=O) groups is 1. The number of morpholine rings is 1. The lowest BCUT2D eigenvalue weighted by Gasteiger charge is -2.22. The summed E-state index contributed by atoms with van der Waals surface area (Å²) in [5.41, 5.74) is -1.24. The molecule has 3 heterocycles. The molecular formula is C18H19ClF3N3O3S. The van der Waals surface area contributed by atoms with E-state index in [9.17, 15) is 22.8 Å². The number of ether oxygens (including phenoxy) is 1. The van der Waals surface area contributed by atoms with Crippen LogP contribution in [0.5, 0.6) is 0 Å². The van der Waals surface area contributed by atoms with Crippen LogP contribution in [0.1, 0.15) is 6.42 Å². The second-order valence-corrected chi connectivity index (χ2v) is 8.67. The maximum Gasteiger partial charge on any atom is 0.286 e. The molecule has 3 unspecified atom stereocenters. The van der Waals surface area contributed by atoms with E-state index in [1.54, 1.807) is 0 Å². The summed E-state index contributed by atoms with van der Waals surface area (Å²) in [5, 5.41) is 1.95. The van der Waals surface area contributed by atoms with Crippen molar-refractivity contribution in [3.63, 3.8) is 0 Å². The van der Waals surface area contributed by atoms with Crippen LogP contribution in [0.15, 0.2) is 17.1 Å². The Morgan fingerprint density at radius 1 is 1.41 bits per heavy atom. The van der Waals surface area contributed by atoms with Crippen LogP contribution in [0.4, 0.5) is 18.9 Å². The molecule has 0 saturated carbocycles. The van der Waals surface area contributed by atoms with Crippen molar-refractivity contribution in [2.75, 3.05) is 31.6 Å². The summed E-state index contributed by atoms with van der Waals surface area (Å²) < 4.78 is 44.3. The third-order valence-corrected chi connectivity index (χ3v) is 6.37. The second kappa shape index (κ2) is 9.78. The Kier molecular flexibility index (Phi) is 7.38. The SMILES string of the molecule is O=C(Nc1cc(F)c(=O)n(CC(F)F)c1)C1CC(C#CN2CCOCC2)C(Cl)S1. The van der Waals surface area contributed by atoms with Crippen molar-refractivity contribution in [1.29, 1.82) is 0 Å². The summed E-state index contributed by atoms with van der Waals surface area (Å²) in [6.45, 7) is 1.70. The first kappa shape index (κ1) is 21.9. The van der Waals surface area contributed by atoms with E-state index in [1.807, 2.05) is 4.90 Å². The number of nitrogens with zero attached hydrogens (tertiary/aromatic N) is 2. The summed E-state index contributed by atoms with van der Waals surface area (Å²) in [5.74, 6) is 1.23. The molecule has 6 nitrogen and oxygen atoms in total. The van der Waals surface area contributed by atoms with Gasteiger partial charge in [-0.25, -0.2) is 13.2 Å². The number of aromatic nitrogens is 1. The van der Waals surface area contributed by atoms with E-state index < -0.39 is 35.5 Å². The molecule has 2 saturated heterocycles. The molecule has 2 aliphatic rings. The topological polar surface area (TPSA) is 63.6 Å². The van der Waals surface area contributed by atoms with E-state index in [4.69, 9.17) is 16.3 Å². The maximum atomic E-state index is 13.7. The molecule has 1 N–H and O–H groups in total. The average molecular weight is 450 g/mol. The molecule has 0 spiro atoms. The first-order valence-electron chi connectivity index (χ1n) is 8.96. The number of pyridine rings is 1. The lowest BCUT2D eigenvalue weighted by Crippen LogP contribution is -2.32. The zero-order valence-electron chi connectivity index (χ0n) is 15.2. The van der Waals surface area contributed by atoms with Gasteiger partial charge in [0.05, 0.1) is 35.4 Å². The fraction of sp³-hybridized carbons (Fsp3) is 0.556. The molecule has 0 aliphatic carbocycles. The molecule has 3 rings (SSSR count). The molecule has 158 valence electrons. The normalized spacial score (nSPS) is 24.3. The summed E-state index contributed by atoms with van der Waals surface area (Å²) in [6.07, 6.45) is -1.42. The molecule has 2 aliphatic heterocycles. The number of amides is 1. The van der Waals surface area contributed by atoms with E-state index in [2.05, 4.69) is 17.3 Å². The quantitative estimate of drug-likeness (QED) is 0.564. The summed E-state index contributed by atoms with van der Waals surface area (Å²) in [4.78, 5) is 26.0. The Morgan fingerprint density at radius 2 is 2.14 bits per heavy atom. The molecule has 3 atom stereocenters. The zero-order chi connectivity index (χ0) is 21.0. The monoisotopic (exact) mass is 449 g/mol. The minimum Gasteiger partial charge on any atom is -0.378 e. The van der Waals surface area contributed by atoms with Crippen molar-refractivity contribution in [3.05, 3.63) is 28.4 Å². The van der Waals surface area contributed by atoms with Crippen LogP contribution in [-0.4, -0.2) is 58.1 Å². The number of hydrogen-bond donors (Lipinski definition) is 1. The predicted molar refractivity (Wildman–Crippen MR) is 105 cm³/mol. The van der Waals surface area contributed by atoms with Crippen molar-refractivity contribution >= 4 is 35.0 Å².